The van der Waals surface area contributed by atoms with Crippen LogP contribution in [-0.2, 0) is 4.79 Å². The molecule has 0 radical (unpaired) electrons. The highest BCUT2D eigenvalue weighted by molar-refractivity contribution is 8.00. The molecule has 1 aromatic heterocycles. The summed E-state index contributed by atoms with van der Waals surface area (Å²) < 4.78 is 18.6. The van der Waals surface area contributed by atoms with Gasteiger partial charge in [-0.2, -0.15) is 0 Å². The van der Waals surface area contributed by atoms with E-state index in [4.69, 9.17) is 4.42 Å². The average Bonchev–Trinajstić information content (AvgIpc) is 3.06. The molecule has 1 N–H and O–H groups in total. The molecule has 128 valence electrons. The minimum Gasteiger partial charge on any atom is -0.416 e. The second-order valence-electron chi connectivity index (χ2n) is 6.00. The molecule has 1 amide bonds. The van der Waals surface area contributed by atoms with Gasteiger partial charge >= 0.3 is 0 Å². The van der Waals surface area contributed by atoms with Crippen molar-refractivity contribution in [1.29, 1.82) is 0 Å². The molecule has 1 aromatic carbocycles. The first kappa shape index (κ1) is 17.0. The Bertz CT molecular complexity index is 683. The van der Waals surface area contributed by atoms with Gasteiger partial charge in [-0.05, 0) is 44.0 Å². The van der Waals surface area contributed by atoms with Crippen molar-refractivity contribution in [1.82, 2.24) is 10.2 Å². The van der Waals surface area contributed by atoms with Crippen LogP contribution in [-0.4, -0.2) is 21.4 Å². The summed E-state index contributed by atoms with van der Waals surface area (Å²) in [6.45, 7) is 1.77. The van der Waals surface area contributed by atoms with Crippen LogP contribution in [0, 0.1) is 5.82 Å². The smallest absolute Gasteiger partial charge is 0.277 e. The number of carbonyl (C=O) groups excluding carboxylic acids is 1. The Hall–Kier alpha value is -1.89. The molecule has 0 aliphatic heterocycles. The van der Waals surface area contributed by atoms with E-state index in [1.165, 1.54) is 55.3 Å². The predicted octanol–water partition coefficient (Wildman–Crippen LogP) is 4.38. The summed E-state index contributed by atoms with van der Waals surface area (Å²) >= 11 is 1.23. The number of thioether (sulfide) groups is 1. The average molecular weight is 349 g/mol. The Balaban J connectivity index is 1.55. The number of hydrogen-bond acceptors (Lipinski definition) is 5. The van der Waals surface area contributed by atoms with E-state index in [2.05, 4.69) is 15.5 Å². The fraction of sp³-hybridized carbons (Fsp3) is 0.471. The summed E-state index contributed by atoms with van der Waals surface area (Å²) in [6, 6.07) is 5.67. The second-order valence-corrected chi connectivity index (χ2v) is 7.29. The molecule has 1 atom stereocenters. The number of benzene rings is 1. The van der Waals surface area contributed by atoms with Crippen LogP contribution >= 0.6 is 11.8 Å². The fourth-order valence-corrected chi connectivity index (χ4v) is 3.45. The molecular formula is C17H20FN3O2S. The van der Waals surface area contributed by atoms with Crippen molar-refractivity contribution in [2.75, 3.05) is 5.32 Å². The standard InChI is InChI=1S/C17H20FN3O2S/c1-11(15(22)19-14-9-7-13(18)8-10-14)24-17-21-20-16(23-17)12-5-3-2-4-6-12/h7-12H,2-6H2,1H3,(H,19,22)/t11-/m1/s1. The van der Waals surface area contributed by atoms with Gasteiger partial charge in [-0.25, -0.2) is 4.39 Å². The molecule has 1 saturated carbocycles. The molecule has 0 unspecified atom stereocenters. The molecule has 0 bridgehead atoms. The largest absolute Gasteiger partial charge is 0.416 e. The summed E-state index contributed by atoms with van der Waals surface area (Å²) in [6.07, 6.45) is 5.85. The Morgan fingerprint density at radius 1 is 1.25 bits per heavy atom. The first-order chi connectivity index (χ1) is 11.6. The summed E-state index contributed by atoms with van der Waals surface area (Å²) in [7, 11) is 0. The molecule has 2 aromatic rings. The zero-order chi connectivity index (χ0) is 16.9. The van der Waals surface area contributed by atoms with Crippen LogP contribution in [0.4, 0.5) is 10.1 Å². The summed E-state index contributed by atoms with van der Waals surface area (Å²) in [5.41, 5.74) is 0.558. The summed E-state index contributed by atoms with van der Waals surface area (Å²) in [4.78, 5) is 12.2. The van der Waals surface area contributed by atoms with E-state index < -0.39 is 5.25 Å². The highest BCUT2D eigenvalue weighted by Crippen LogP contribution is 2.33. The van der Waals surface area contributed by atoms with E-state index in [-0.39, 0.29) is 11.7 Å². The van der Waals surface area contributed by atoms with Gasteiger partial charge in [-0.3, -0.25) is 4.79 Å². The normalized spacial score (nSPS) is 16.8. The minimum absolute atomic E-state index is 0.191. The van der Waals surface area contributed by atoms with Crippen LogP contribution in [0.25, 0.3) is 0 Å². The van der Waals surface area contributed by atoms with Crippen LogP contribution in [0.5, 0.6) is 0 Å². The number of rotatable bonds is 5. The third kappa shape index (κ3) is 4.35. The molecule has 1 fully saturated rings. The maximum absolute atomic E-state index is 12.9. The quantitative estimate of drug-likeness (QED) is 0.812. The van der Waals surface area contributed by atoms with Crippen molar-refractivity contribution in [2.45, 2.75) is 55.4 Å². The Morgan fingerprint density at radius 3 is 2.67 bits per heavy atom. The minimum atomic E-state index is -0.394. The highest BCUT2D eigenvalue weighted by atomic mass is 32.2. The lowest BCUT2D eigenvalue weighted by atomic mass is 9.89. The molecular weight excluding hydrogens is 329 g/mol. The van der Waals surface area contributed by atoms with Gasteiger partial charge in [0.15, 0.2) is 0 Å². The summed E-state index contributed by atoms with van der Waals surface area (Å²) in [5.74, 6) is 0.507. The maximum Gasteiger partial charge on any atom is 0.277 e. The molecule has 24 heavy (non-hydrogen) atoms. The lowest BCUT2D eigenvalue weighted by molar-refractivity contribution is -0.115. The van der Waals surface area contributed by atoms with Gasteiger partial charge in [-0.1, -0.05) is 31.0 Å². The number of anilines is 1. The van der Waals surface area contributed by atoms with E-state index >= 15 is 0 Å². The van der Waals surface area contributed by atoms with Crippen LogP contribution in [0.3, 0.4) is 0 Å². The van der Waals surface area contributed by atoms with Gasteiger partial charge in [0.25, 0.3) is 5.22 Å². The van der Waals surface area contributed by atoms with E-state index in [9.17, 15) is 9.18 Å². The molecule has 0 spiro atoms. The molecule has 1 aliphatic rings. The van der Waals surface area contributed by atoms with Crippen molar-refractivity contribution in [3.8, 4) is 0 Å². The molecule has 3 rings (SSSR count). The number of amides is 1. The van der Waals surface area contributed by atoms with Gasteiger partial charge in [-0.15, -0.1) is 10.2 Å². The molecule has 7 heteroatoms. The van der Waals surface area contributed by atoms with Crippen molar-refractivity contribution in [3.63, 3.8) is 0 Å². The Morgan fingerprint density at radius 2 is 1.96 bits per heavy atom. The van der Waals surface area contributed by atoms with Crippen molar-refractivity contribution < 1.29 is 13.6 Å². The van der Waals surface area contributed by atoms with Crippen LogP contribution in [0.1, 0.15) is 50.8 Å². The number of nitrogens with one attached hydrogen (secondary N) is 1. The lowest BCUT2D eigenvalue weighted by Crippen LogP contribution is -2.22. The van der Waals surface area contributed by atoms with Crippen molar-refractivity contribution >= 4 is 23.4 Å². The van der Waals surface area contributed by atoms with Gasteiger partial charge in [0.1, 0.15) is 5.82 Å². The van der Waals surface area contributed by atoms with E-state index in [1.807, 2.05) is 0 Å². The molecule has 1 heterocycles. The molecule has 5 nitrogen and oxygen atoms in total. The van der Waals surface area contributed by atoms with Crippen LogP contribution in [0.15, 0.2) is 33.9 Å². The van der Waals surface area contributed by atoms with Crippen molar-refractivity contribution in [3.05, 3.63) is 36.0 Å². The van der Waals surface area contributed by atoms with Crippen LogP contribution in [0.2, 0.25) is 0 Å². The van der Waals surface area contributed by atoms with Gasteiger partial charge in [0, 0.05) is 11.6 Å². The number of nitrogens with zero attached hydrogens (tertiary/aromatic N) is 2. The first-order valence-electron chi connectivity index (χ1n) is 8.18. The van der Waals surface area contributed by atoms with E-state index in [0.29, 0.717) is 22.7 Å². The lowest BCUT2D eigenvalue weighted by Gasteiger charge is -2.17. The number of hydrogen-bond donors (Lipinski definition) is 1. The van der Waals surface area contributed by atoms with E-state index in [1.54, 1.807) is 6.92 Å². The molecule has 1 aliphatic carbocycles. The SMILES string of the molecule is C[C@@H](Sc1nnc(C2CCCCC2)o1)C(=O)Nc1ccc(F)cc1. The van der Waals surface area contributed by atoms with Crippen molar-refractivity contribution in [2.24, 2.45) is 0 Å². The fourth-order valence-electron chi connectivity index (χ4n) is 2.76. The topological polar surface area (TPSA) is 68.0 Å². The second kappa shape index (κ2) is 7.79. The summed E-state index contributed by atoms with van der Waals surface area (Å²) in [5, 5.41) is 10.9. The number of carbonyl (C=O) groups is 1. The monoisotopic (exact) mass is 349 g/mol. The zero-order valence-electron chi connectivity index (χ0n) is 13.5. The highest BCUT2D eigenvalue weighted by Gasteiger charge is 2.23. The third-order valence-electron chi connectivity index (χ3n) is 4.14. The first-order valence-corrected chi connectivity index (χ1v) is 9.06. The Kier molecular flexibility index (Phi) is 5.50. The number of aromatic nitrogens is 2. The van der Waals surface area contributed by atoms with Gasteiger partial charge in [0.05, 0.1) is 5.25 Å². The van der Waals surface area contributed by atoms with Gasteiger partial charge in [0.2, 0.25) is 11.8 Å². The number of halogens is 1. The Labute approximate surface area is 144 Å². The zero-order valence-corrected chi connectivity index (χ0v) is 14.3. The predicted molar refractivity (Wildman–Crippen MR) is 90.5 cm³/mol. The van der Waals surface area contributed by atoms with Gasteiger partial charge < -0.3 is 9.73 Å². The van der Waals surface area contributed by atoms with Crippen LogP contribution < -0.4 is 5.32 Å². The van der Waals surface area contributed by atoms with E-state index in [0.717, 1.165) is 12.8 Å². The third-order valence-corrected chi connectivity index (χ3v) is 5.07. The molecule has 0 saturated heterocycles. The maximum atomic E-state index is 12.9.